The molecule has 0 atom stereocenters. The van der Waals surface area contributed by atoms with Gasteiger partial charge < -0.3 is 0 Å². The van der Waals surface area contributed by atoms with Gasteiger partial charge in [0.05, 0.1) is 10.2 Å². The van der Waals surface area contributed by atoms with Crippen LogP contribution in [0, 0.1) is 0 Å². The number of nitrogens with zero attached hydrogens (tertiary/aromatic N) is 2. The first kappa shape index (κ1) is 11.5. The molecular formula is C12H15N3S2. The minimum atomic E-state index is 1.09. The standard InChI is InChI=1S/C12H15N3S2/c1-4-8-15(9-5-1)14-17-12-13-10-6-2-3-7-11(10)16-12/h2-3,6-7,14H,1,4-5,8-9H2. The molecule has 5 heteroatoms. The van der Waals surface area contributed by atoms with E-state index in [1.165, 1.54) is 24.0 Å². The minimum Gasteiger partial charge on any atom is -0.234 e. The molecular weight excluding hydrogens is 250 g/mol. The predicted molar refractivity (Wildman–Crippen MR) is 74.0 cm³/mol. The van der Waals surface area contributed by atoms with Gasteiger partial charge in [0, 0.05) is 25.0 Å². The second kappa shape index (κ2) is 5.35. The molecule has 3 rings (SSSR count). The first-order valence-electron chi connectivity index (χ1n) is 5.95. The molecule has 17 heavy (non-hydrogen) atoms. The van der Waals surface area contributed by atoms with Crippen molar-refractivity contribution in [2.75, 3.05) is 13.1 Å². The zero-order valence-electron chi connectivity index (χ0n) is 9.56. The number of piperidine rings is 1. The first-order chi connectivity index (χ1) is 8.42. The van der Waals surface area contributed by atoms with Gasteiger partial charge in [-0.3, -0.25) is 0 Å². The summed E-state index contributed by atoms with van der Waals surface area (Å²) >= 11 is 3.38. The van der Waals surface area contributed by atoms with Crippen LogP contribution in [0.4, 0.5) is 0 Å². The Balaban J connectivity index is 1.64. The fourth-order valence-corrected chi connectivity index (χ4v) is 3.76. The maximum absolute atomic E-state index is 4.59. The number of hydrazine groups is 1. The number of aromatic nitrogens is 1. The van der Waals surface area contributed by atoms with Crippen molar-refractivity contribution >= 4 is 33.5 Å². The van der Waals surface area contributed by atoms with Gasteiger partial charge >= 0.3 is 0 Å². The van der Waals surface area contributed by atoms with E-state index in [0.717, 1.165) is 22.9 Å². The van der Waals surface area contributed by atoms with Crippen LogP contribution in [0.5, 0.6) is 0 Å². The summed E-state index contributed by atoms with van der Waals surface area (Å²) in [5.41, 5.74) is 1.10. The lowest BCUT2D eigenvalue weighted by molar-refractivity contribution is 0.207. The smallest absolute Gasteiger partial charge is 0.167 e. The molecule has 1 aromatic heterocycles. The van der Waals surface area contributed by atoms with E-state index in [9.17, 15) is 0 Å². The molecule has 0 amide bonds. The Morgan fingerprint density at radius 1 is 1.18 bits per heavy atom. The van der Waals surface area contributed by atoms with Crippen LogP contribution in [-0.4, -0.2) is 23.1 Å². The topological polar surface area (TPSA) is 28.2 Å². The van der Waals surface area contributed by atoms with E-state index in [2.05, 4.69) is 33.0 Å². The Morgan fingerprint density at radius 3 is 2.82 bits per heavy atom. The van der Waals surface area contributed by atoms with Crippen molar-refractivity contribution in [1.82, 2.24) is 14.8 Å². The van der Waals surface area contributed by atoms with Crippen molar-refractivity contribution in [3.05, 3.63) is 24.3 Å². The van der Waals surface area contributed by atoms with Gasteiger partial charge in [0.1, 0.15) is 0 Å². The van der Waals surface area contributed by atoms with E-state index in [1.54, 1.807) is 23.3 Å². The van der Waals surface area contributed by atoms with Crippen LogP contribution in [0.15, 0.2) is 28.6 Å². The summed E-state index contributed by atoms with van der Waals surface area (Å²) in [6, 6.07) is 8.29. The summed E-state index contributed by atoms with van der Waals surface area (Å²) in [5.74, 6) is 0. The average Bonchev–Trinajstić information content (AvgIpc) is 2.80. The first-order valence-corrected chi connectivity index (χ1v) is 7.58. The van der Waals surface area contributed by atoms with E-state index < -0.39 is 0 Å². The third kappa shape index (κ3) is 2.80. The van der Waals surface area contributed by atoms with Crippen LogP contribution >= 0.6 is 23.3 Å². The molecule has 1 saturated heterocycles. The molecule has 0 spiro atoms. The van der Waals surface area contributed by atoms with E-state index in [1.807, 2.05) is 6.07 Å². The lowest BCUT2D eigenvalue weighted by Crippen LogP contribution is -2.37. The van der Waals surface area contributed by atoms with Crippen LogP contribution in [0.1, 0.15) is 19.3 Å². The fraction of sp³-hybridized carbons (Fsp3) is 0.417. The maximum atomic E-state index is 4.59. The number of rotatable bonds is 3. The molecule has 1 aliphatic heterocycles. The molecule has 0 radical (unpaired) electrons. The number of hydrogen-bond acceptors (Lipinski definition) is 5. The monoisotopic (exact) mass is 265 g/mol. The van der Waals surface area contributed by atoms with E-state index in [4.69, 9.17) is 0 Å². The maximum Gasteiger partial charge on any atom is 0.167 e. The van der Waals surface area contributed by atoms with E-state index in [0.29, 0.717) is 0 Å². The van der Waals surface area contributed by atoms with Gasteiger partial charge in [-0.05, 0) is 25.0 Å². The number of thiazole rings is 1. The van der Waals surface area contributed by atoms with Gasteiger partial charge in [-0.1, -0.05) is 18.6 Å². The van der Waals surface area contributed by atoms with Crippen molar-refractivity contribution in [2.45, 2.75) is 23.6 Å². The third-order valence-corrected chi connectivity index (χ3v) is 4.84. The molecule has 2 aromatic rings. The predicted octanol–water partition coefficient (Wildman–Crippen LogP) is 3.29. The largest absolute Gasteiger partial charge is 0.234 e. The van der Waals surface area contributed by atoms with Gasteiger partial charge in [-0.2, -0.15) is 4.83 Å². The summed E-state index contributed by atoms with van der Waals surface area (Å²) in [6.07, 6.45) is 3.96. The van der Waals surface area contributed by atoms with E-state index >= 15 is 0 Å². The number of nitrogens with one attached hydrogen (secondary N) is 1. The molecule has 2 heterocycles. The average molecular weight is 265 g/mol. The number of benzene rings is 1. The van der Waals surface area contributed by atoms with Crippen molar-refractivity contribution in [3.8, 4) is 0 Å². The van der Waals surface area contributed by atoms with Crippen molar-refractivity contribution in [1.29, 1.82) is 0 Å². The van der Waals surface area contributed by atoms with Gasteiger partial charge in [0.15, 0.2) is 4.34 Å². The summed E-state index contributed by atoms with van der Waals surface area (Å²) in [7, 11) is 0. The number of para-hydroxylation sites is 1. The molecule has 90 valence electrons. The summed E-state index contributed by atoms with van der Waals surface area (Å²) in [4.78, 5) is 7.99. The van der Waals surface area contributed by atoms with Gasteiger partial charge in [0.2, 0.25) is 0 Å². The van der Waals surface area contributed by atoms with Crippen LogP contribution in [-0.2, 0) is 0 Å². The fourth-order valence-electron chi connectivity index (χ4n) is 1.98. The Hall–Kier alpha value is -0.620. The Morgan fingerprint density at radius 2 is 2.00 bits per heavy atom. The second-order valence-corrected chi connectivity index (χ2v) is 6.25. The SMILES string of the molecule is c1ccc2sc(SNN3CCCCC3)nc2c1. The van der Waals surface area contributed by atoms with Gasteiger partial charge in [0.25, 0.3) is 0 Å². The molecule has 0 bridgehead atoms. The van der Waals surface area contributed by atoms with Crippen LogP contribution in [0.25, 0.3) is 10.2 Å². The van der Waals surface area contributed by atoms with Crippen LogP contribution in [0.3, 0.4) is 0 Å². The molecule has 1 aromatic carbocycles. The highest BCUT2D eigenvalue weighted by Crippen LogP contribution is 2.28. The number of fused-ring (bicyclic) bond motifs is 1. The zero-order valence-corrected chi connectivity index (χ0v) is 11.2. The highest BCUT2D eigenvalue weighted by molar-refractivity contribution is 7.99. The molecule has 0 unspecified atom stereocenters. The lowest BCUT2D eigenvalue weighted by atomic mass is 10.2. The Kier molecular flexibility index (Phi) is 3.61. The second-order valence-electron chi connectivity index (χ2n) is 4.19. The molecule has 1 N–H and O–H groups in total. The normalized spacial score (nSPS) is 17.6. The lowest BCUT2D eigenvalue weighted by Gasteiger charge is -2.25. The van der Waals surface area contributed by atoms with E-state index in [-0.39, 0.29) is 0 Å². The van der Waals surface area contributed by atoms with Gasteiger partial charge in [-0.15, -0.1) is 11.3 Å². The minimum absolute atomic E-state index is 1.09. The van der Waals surface area contributed by atoms with Crippen molar-refractivity contribution in [3.63, 3.8) is 0 Å². The highest BCUT2D eigenvalue weighted by Gasteiger charge is 2.11. The van der Waals surface area contributed by atoms with Crippen molar-refractivity contribution in [2.24, 2.45) is 0 Å². The molecule has 3 nitrogen and oxygen atoms in total. The zero-order chi connectivity index (χ0) is 11.5. The van der Waals surface area contributed by atoms with Crippen LogP contribution in [0.2, 0.25) is 0 Å². The summed E-state index contributed by atoms with van der Waals surface area (Å²) in [5, 5.41) is 2.29. The quantitative estimate of drug-likeness (QED) is 0.862. The Bertz CT molecular complexity index is 458. The van der Waals surface area contributed by atoms with Crippen molar-refractivity contribution < 1.29 is 0 Å². The molecule has 0 saturated carbocycles. The third-order valence-electron chi connectivity index (χ3n) is 2.89. The molecule has 0 aliphatic carbocycles. The van der Waals surface area contributed by atoms with Gasteiger partial charge in [-0.25, -0.2) is 9.99 Å². The molecule has 1 aliphatic rings. The Labute approximate surface area is 109 Å². The highest BCUT2D eigenvalue weighted by atomic mass is 32.2. The number of hydrogen-bond donors (Lipinski definition) is 1. The summed E-state index contributed by atoms with van der Waals surface area (Å²) < 4.78 is 2.35. The summed E-state index contributed by atoms with van der Waals surface area (Å²) in [6.45, 7) is 2.30. The van der Waals surface area contributed by atoms with Crippen LogP contribution < -0.4 is 4.83 Å². The molecule has 1 fully saturated rings.